The smallest absolute Gasteiger partial charge is 0.247 e. The zero-order valence-corrected chi connectivity index (χ0v) is 22.9. The lowest BCUT2D eigenvalue weighted by Crippen LogP contribution is -2.61. The fraction of sp³-hybridized carbons (Fsp3) is 0.433. The molecule has 0 saturated carbocycles. The van der Waals surface area contributed by atoms with Crippen LogP contribution in [0, 0.1) is 11.8 Å². The lowest BCUT2D eigenvalue weighted by atomic mass is 9.96. The summed E-state index contributed by atoms with van der Waals surface area (Å²) in [5.74, 6) is -0.493. The number of ether oxygens (including phenoxy) is 1. The number of hydrogen-bond donors (Lipinski definition) is 4. The van der Waals surface area contributed by atoms with E-state index in [-0.39, 0.29) is 23.7 Å². The average molecular weight is 521 g/mol. The second kappa shape index (κ2) is 13.8. The fourth-order valence-corrected chi connectivity index (χ4v) is 4.42. The summed E-state index contributed by atoms with van der Waals surface area (Å²) in [4.78, 5) is 40.3. The first-order chi connectivity index (χ1) is 18.2. The standard InChI is InChI=1S/C30H40N4O4/c1-19(2)17-25-28(35)32-16-15-21-11-13-23(14-12-21)38-27(20(3)4)26(30(37)33-25)34-29(36)24(31-5)18-22-9-7-6-8-10-22/h6-16,19-20,24-27,31H,17-18H2,1-5H3,(H,32,35)(H,33,37)(H,34,36)/b16-15-. The van der Waals surface area contributed by atoms with Crippen molar-refractivity contribution < 1.29 is 19.1 Å². The van der Waals surface area contributed by atoms with Crippen molar-refractivity contribution in [3.63, 3.8) is 0 Å². The van der Waals surface area contributed by atoms with Gasteiger partial charge >= 0.3 is 0 Å². The van der Waals surface area contributed by atoms with Gasteiger partial charge in [0.1, 0.15) is 23.9 Å². The number of carbonyl (C=O) groups excluding carboxylic acids is 3. The molecule has 8 nitrogen and oxygen atoms in total. The molecule has 4 N–H and O–H groups in total. The number of nitrogens with one attached hydrogen (secondary N) is 4. The summed E-state index contributed by atoms with van der Waals surface area (Å²) in [6.07, 6.45) is 3.58. The highest BCUT2D eigenvalue weighted by Gasteiger charge is 2.37. The quantitative estimate of drug-likeness (QED) is 0.428. The Kier molecular flexibility index (Phi) is 10.5. The lowest BCUT2D eigenvalue weighted by Gasteiger charge is -2.33. The Balaban J connectivity index is 1.95. The molecule has 2 aliphatic rings. The summed E-state index contributed by atoms with van der Waals surface area (Å²) in [6, 6.07) is 14.7. The van der Waals surface area contributed by atoms with Crippen molar-refractivity contribution in [3.05, 3.63) is 71.9 Å². The van der Waals surface area contributed by atoms with E-state index in [1.165, 1.54) is 0 Å². The molecule has 4 unspecified atom stereocenters. The van der Waals surface area contributed by atoms with Crippen LogP contribution in [0.4, 0.5) is 0 Å². The van der Waals surface area contributed by atoms with E-state index in [0.717, 1.165) is 11.1 Å². The molecule has 38 heavy (non-hydrogen) atoms. The third-order valence-electron chi connectivity index (χ3n) is 6.51. The Labute approximate surface area is 225 Å². The van der Waals surface area contributed by atoms with Gasteiger partial charge in [-0.15, -0.1) is 0 Å². The van der Waals surface area contributed by atoms with Crippen LogP contribution in [0.1, 0.15) is 45.2 Å². The van der Waals surface area contributed by atoms with Gasteiger partial charge in [-0.25, -0.2) is 0 Å². The Morgan fingerprint density at radius 3 is 2.26 bits per heavy atom. The average Bonchev–Trinajstić information content (AvgIpc) is 2.89. The molecule has 204 valence electrons. The van der Waals surface area contributed by atoms with Crippen molar-refractivity contribution in [2.75, 3.05) is 7.05 Å². The Morgan fingerprint density at radius 2 is 1.66 bits per heavy atom. The number of benzene rings is 2. The van der Waals surface area contributed by atoms with Crippen molar-refractivity contribution in [1.82, 2.24) is 21.3 Å². The van der Waals surface area contributed by atoms with Gasteiger partial charge in [-0.05, 0) is 61.1 Å². The summed E-state index contributed by atoms with van der Waals surface area (Å²) in [5, 5.41) is 11.7. The molecule has 2 heterocycles. The van der Waals surface area contributed by atoms with E-state index in [2.05, 4.69) is 21.3 Å². The summed E-state index contributed by atoms with van der Waals surface area (Å²) in [7, 11) is 1.72. The largest absolute Gasteiger partial charge is 0.487 e. The molecule has 8 heteroatoms. The minimum Gasteiger partial charge on any atom is -0.487 e. The number of carbonyl (C=O) groups is 3. The molecule has 2 aromatic rings. The highest BCUT2D eigenvalue weighted by Crippen LogP contribution is 2.21. The lowest BCUT2D eigenvalue weighted by molar-refractivity contribution is -0.135. The van der Waals surface area contributed by atoms with Crippen LogP contribution in [-0.4, -0.2) is 49.0 Å². The molecule has 2 aliphatic heterocycles. The van der Waals surface area contributed by atoms with Gasteiger partial charge in [0.05, 0.1) is 6.04 Å². The SMILES string of the molecule is CNC(Cc1ccccc1)C(=O)NC1C(=O)NC(CC(C)C)C(=O)N/C=C\c2ccc(cc2)OC1C(C)C. The molecule has 0 aromatic heterocycles. The zero-order chi connectivity index (χ0) is 27.7. The monoisotopic (exact) mass is 520 g/mol. The summed E-state index contributed by atoms with van der Waals surface area (Å²) in [5.41, 5.74) is 1.89. The van der Waals surface area contributed by atoms with Crippen LogP contribution < -0.4 is 26.0 Å². The minimum atomic E-state index is -1.03. The molecule has 0 radical (unpaired) electrons. The van der Waals surface area contributed by atoms with Crippen LogP contribution in [0.25, 0.3) is 6.08 Å². The van der Waals surface area contributed by atoms with E-state index in [0.29, 0.717) is 18.6 Å². The van der Waals surface area contributed by atoms with Crippen LogP contribution in [0.5, 0.6) is 5.75 Å². The third kappa shape index (κ3) is 8.18. The van der Waals surface area contributed by atoms with Gasteiger partial charge < -0.3 is 26.0 Å². The molecular weight excluding hydrogens is 480 g/mol. The molecule has 4 atom stereocenters. The summed E-state index contributed by atoms with van der Waals surface area (Å²) < 4.78 is 6.31. The maximum atomic E-state index is 13.8. The molecule has 4 rings (SSSR count). The summed E-state index contributed by atoms with van der Waals surface area (Å²) in [6.45, 7) is 7.86. The van der Waals surface area contributed by atoms with Crippen LogP contribution in [0.15, 0.2) is 60.8 Å². The number of amides is 3. The van der Waals surface area contributed by atoms with Crippen molar-refractivity contribution in [1.29, 1.82) is 0 Å². The zero-order valence-electron chi connectivity index (χ0n) is 22.9. The number of hydrogen-bond acceptors (Lipinski definition) is 5. The van der Waals surface area contributed by atoms with Crippen molar-refractivity contribution in [2.45, 2.75) is 64.8 Å². The Bertz CT molecular complexity index is 1100. The van der Waals surface area contributed by atoms with Crippen LogP contribution in [-0.2, 0) is 20.8 Å². The maximum Gasteiger partial charge on any atom is 0.247 e. The van der Waals surface area contributed by atoms with Gasteiger partial charge in [0.15, 0.2) is 0 Å². The van der Waals surface area contributed by atoms with Crippen LogP contribution in [0.3, 0.4) is 0 Å². The van der Waals surface area contributed by atoms with Crippen molar-refractivity contribution >= 4 is 23.8 Å². The van der Waals surface area contributed by atoms with Gasteiger partial charge in [0.25, 0.3) is 0 Å². The number of fused-ring (bicyclic) bond motifs is 10. The van der Waals surface area contributed by atoms with Gasteiger partial charge in [-0.1, -0.05) is 70.2 Å². The first kappa shape index (κ1) is 28.9. The number of rotatable bonds is 8. The Morgan fingerprint density at radius 1 is 0.974 bits per heavy atom. The molecule has 0 aliphatic carbocycles. The van der Waals surface area contributed by atoms with E-state index < -0.39 is 30.1 Å². The second-order valence-electron chi connectivity index (χ2n) is 10.4. The molecule has 3 amide bonds. The van der Waals surface area contributed by atoms with E-state index in [9.17, 15) is 14.4 Å². The molecule has 2 bridgehead atoms. The predicted molar refractivity (Wildman–Crippen MR) is 149 cm³/mol. The fourth-order valence-electron chi connectivity index (χ4n) is 4.42. The molecule has 0 saturated heterocycles. The normalized spacial score (nSPS) is 21.7. The third-order valence-corrected chi connectivity index (χ3v) is 6.51. The Hall–Kier alpha value is -3.65. The highest BCUT2D eigenvalue weighted by atomic mass is 16.5. The molecular formula is C30H40N4O4. The van der Waals surface area contributed by atoms with Gasteiger partial charge in [-0.3, -0.25) is 14.4 Å². The first-order valence-corrected chi connectivity index (χ1v) is 13.2. The van der Waals surface area contributed by atoms with Gasteiger partial charge in [-0.2, -0.15) is 0 Å². The topological polar surface area (TPSA) is 109 Å². The number of likely N-dealkylation sites (N-methyl/N-ethyl adjacent to an activating group) is 1. The van der Waals surface area contributed by atoms with E-state index in [4.69, 9.17) is 4.74 Å². The minimum absolute atomic E-state index is 0.127. The second-order valence-corrected chi connectivity index (χ2v) is 10.4. The van der Waals surface area contributed by atoms with Crippen molar-refractivity contribution in [3.8, 4) is 5.75 Å². The maximum absolute atomic E-state index is 13.8. The van der Waals surface area contributed by atoms with E-state index >= 15 is 0 Å². The van der Waals surface area contributed by atoms with Crippen LogP contribution >= 0.6 is 0 Å². The molecule has 0 fully saturated rings. The van der Waals surface area contributed by atoms with Gasteiger partial charge in [0.2, 0.25) is 17.7 Å². The first-order valence-electron chi connectivity index (χ1n) is 13.2. The van der Waals surface area contributed by atoms with Gasteiger partial charge in [0, 0.05) is 6.20 Å². The van der Waals surface area contributed by atoms with Crippen LogP contribution in [0.2, 0.25) is 0 Å². The van der Waals surface area contributed by atoms with E-state index in [1.807, 2.05) is 82.3 Å². The van der Waals surface area contributed by atoms with E-state index in [1.54, 1.807) is 19.3 Å². The molecule has 2 aromatic carbocycles. The summed E-state index contributed by atoms with van der Waals surface area (Å²) >= 11 is 0. The highest BCUT2D eigenvalue weighted by molar-refractivity contribution is 5.94. The van der Waals surface area contributed by atoms with Crippen molar-refractivity contribution in [2.24, 2.45) is 11.8 Å². The molecule has 0 spiro atoms. The predicted octanol–water partition coefficient (Wildman–Crippen LogP) is 3.04.